The number of esters is 1. The topological polar surface area (TPSA) is 56.5 Å². The molecule has 26 heavy (non-hydrogen) atoms. The number of hydrogen-bond acceptors (Lipinski definition) is 4. The van der Waals surface area contributed by atoms with E-state index in [1.165, 1.54) is 13.3 Å². The van der Waals surface area contributed by atoms with Crippen LogP contribution in [-0.4, -0.2) is 27.7 Å². The number of rotatable bonds is 3. The molecule has 0 aliphatic heterocycles. The van der Waals surface area contributed by atoms with Crippen molar-refractivity contribution in [2.45, 2.75) is 6.92 Å². The lowest BCUT2D eigenvalue weighted by atomic mass is 9.97. The second kappa shape index (κ2) is 6.44. The summed E-state index contributed by atoms with van der Waals surface area (Å²) < 4.78 is 6.52. The number of fused-ring (bicyclic) bond motifs is 1. The van der Waals surface area contributed by atoms with Crippen LogP contribution in [0.2, 0.25) is 0 Å². The standard InChI is InChI=1S/C21H17N3O2/c1-14-6-5-9-19(23-14)17-8-4-3-7-16(17)15-10-11-24-20(12-15)18(13-22-24)21(25)26-2/h3-13H,1-2H3. The Hall–Kier alpha value is -3.47. The van der Waals surface area contributed by atoms with Gasteiger partial charge in [-0.2, -0.15) is 5.10 Å². The van der Waals surface area contributed by atoms with E-state index in [1.807, 2.05) is 55.6 Å². The second-order valence-electron chi connectivity index (χ2n) is 6.00. The summed E-state index contributed by atoms with van der Waals surface area (Å²) in [5.41, 5.74) is 6.12. The van der Waals surface area contributed by atoms with E-state index in [1.54, 1.807) is 4.52 Å². The Morgan fingerprint density at radius 1 is 1.04 bits per heavy atom. The summed E-state index contributed by atoms with van der Waals surface area (Å²) in [6, 6.07) is 18.0. The molecule has 5 heteroatoms. The van der Waals surface area contributed by atoms with Crippen LogP contribution in [0.4, 0.5) is 0 Å². The molecule has 0 atom stereocenters. The highest BCUT2D eigenvalue weighted by atomic mass is 16.5. The zero-order valence-electron chi connectivity index (χ0n) is 14.5. The zero-order valence-corrected chi connectivity index (χ0v) is 14.5. The minimum atomic E-state index is -0.397. The number of aryl methyl sites for hydroxylation is 1. The number of benzene rings is 1. The molecule has 0 aliphatic rings. The summed E-state index contributed by atoms with van der Waals surface area (Å²) in [6.07, 6.45) is 3.37. The molecule has 0 bridgehead atoms. The van der Waals surface area contributed by atoms with E-state index in [0.717, 1.165) is 28.1 Å². The van der Waals surface area contributed by atoms with Crippen molar-refractivity contribution in [3.63, 3.8) is 0 Å². The molecule has 128 valence electrons. The molecule has 0 saturated heterocycles. The van der Waals surface area contributed by atoms with Crippen LogP contribution in [-0.2, 0) is 4.74 Å². The van der Waals surface area contributed by atoms with Crippen LogP contribution in [0.1, 0.15) is 16.1 Å². The average Bonchev–Trinajstić information content (AvgIpc) is 3.10. The van der Waals surface area contributed by atoms with Crippen molar-refractivity contribution < 1.29 is 9.53 Å². The van der Waals surface area contributed by atoms with Gasteiger partial charge in [0.15, 0.2) is 0 Å². The monoisotopic (exact) mass is 343 g/mol. The van der Waals surface area contributed by atoms with Crippen LogP contribution in [0.15, 0.2) is 67.0 Å². The van der Waals surface area contributed by atoms with Gasteiger partial charge in [0.1, 0.15) is 5.56 Å². The van der Waals surface area contributed by atoms with E-state index in [0.29, 0.717) is 11.1 Å². The van der Waals surface area contributed by atoms with E-state index < -0.39 is 5.97 Å². The molecule has 0 radical (unpaired) electrons. The molecule has 0 saturated carbocycles. The van der Waals surface area contributed by atoms with Crippen LogP contribution in [0.3, 0.4) is 0 Å². The maximum atomic E-state index is 12.0. The fraction of sp³-hybridized carbons (Fsp3) is 0.0952. The molecule has 0 unspecified atom stereocenters. The van der Waals surface area contributed by atoms with Gasteiger partial charge in [0, 0.05) is 17.5 Å². The van der Waals surface area contributed by atoms with Crippen molar-refractivity contribution in [1.82, 2.24) is 14.6 Å². The third-order valence-electron chi connectivity index (χ3n) is 4.33. The molecule has 1 aromatic carbocycles. The van der Waals surface area contributed by atoms with Crippen LogP contribution in [0, 0.1) is 6.92 Å². The number of pyridine rings is 2. The number of methoxy groups -OCH3 is 1. The molecule has 0 spiro atoms. The fourth-order valence-corrected chi connectivity index (χ4v) is 3.07. The Kier molecular flexibility index (Phi) is 3.97. The van der Waals surface area contributed by atoms with Crippen molar-refractivity contribution in [2.24, 2.45) is 0 Å². The van der Waals surface area contributed by atoms with Gasteiger partial charge >= 0.3 is 5.97 Å². The van der Waals surface area contributed by atoms with Crippen LogP contribution in [0.25, 0.3) is 27.9 Å². The molecule has 4 aromatic rings. The first kappa shape index (κ1) is 16.0. The summed E-state index contributed by atoms with van der Waals surface area (Å²) in [5.74, 6) is -0.397. The molecule has 0 fully saturated rings. The first-order chi connectivity index (χ1) is 12.7. The van der Waals surface area contributed by atoms with Gasteiger partial charge < -0.3 is 4.74 Å². The van der Waals surface area contributed by atoms with Crippen molar-refractivity contribution in [1.29, 1.82) is 0 Å². The van der Waals surface area contributed by atoms with Crippen molar-refractivity contribution in [3.8, 4) is 22.4 Å². The predicted molar refractivity (Wildman–Crippen MR) is 99.9 cm³/mol. The predicted octanol–water partition coefficient (Wildman–Crippen LogP) is 4.16. The summed E-state index contributed by atoms with van der Waals surface area (Å²) in [7, 11) is 1.37. The van der Waals surface area contributed by atoms with Crippen molar-refractivity contribution in [3.05, 3.63) is 78.2 Å². The van der Waals surface area contributed by atoms with Crippen molar-refractivity contribution >= 4 is 11.5 Å². The molecular formula is C21H17N3O2. The van der Waals surface area contributed by atoms with Gasteiger partial charge in [-0.05, 0) is 42.3 Å². The van der Waals surface area contributed by atoms with Gasteiger partial charge in [0.2, 0.25) is 0 Å². The lowest BCUT2D eigenvalue weighted by Gasteiger charge is -2.10. The summed E-state index contributed by atoms with van der Waals surface area (Å²) in [4.78, 5) is 16.6. The normalized spacial score (nSPS) is 10.8. The fourth-order valence-electron chi connectivity index (χ4n) is 3.07. The smallest absolute Gasteiger partial charge is 0.341 e. The largest absolute Gasteiger partial charge is 0.465 e. The Labute approximate surface area is 150 Å². The van der Waals surface area contributed by atoms with Gasteiger partial charge in [-0.3, -0.25) is 4.98 Å². The lowest BCUT2D eigenvalue weighted by Crippen LogP contribution is -2.00. The number of aromatic nitrogens is 3. The molecule has 0 N–H and O–H groups in total. The van der Waals surface area contributed by atoms with Gasteiger partial charge in [-0.1, -0.05) is 30.3 Å². The summed E-state index contributed by atoms with van der Waals surface area (Å²) in [5, 5.41) is 4.22. The van der Waals surface area contributed by atoms with E-state index in [9.17, 15) is 4.79 Å². The van der Waals surface area contributed by atoms with Gasteiger partial charge in [0.05, 0.1) is 24.5 Å². The number of carbonyl (C=O) groups is 1. The highest BCUT2D eigenvalue weighted by Crippen LogP contribution is 2.32. The number of ether oxygens (including phenoxy) is 1. The Balaban J connectivity index is 1.90. The maximum Gasteiger partial charge on any atom is 0.341 e. The van der Waals surface area contributed by atoms with Gasteiger partial charge in [0.25, 0.3) is 0 Å². The Bertz CT molecular complexity index is 1120. The van der Waals surface area contributed by atoms with Gasteiger partial charge in [-0.15, -0.1) is 0 Å². The van der Waals surface area contributed by atoms with E-state index >= 15 is 0 Å². The Morgan fingerprint density at radius 3 is 2.62 bits per heavy atom. The third-order valence-corrected chi connectivity index (χ3v) is 4.33. The molecule has 3 heterocycles. The van der Waals surface area contributed by atoms with Crippen LogP contribution >= 0.6 is 0 Å². The first-order valence-electron chi connectivity index (χ1n) is 8.26. The summed E-state index contributed by atoms with van der Waals surface area (Å²) in [6.45, 7) is 1.98. The average molecular weight is 343 g/mol. The number of carbonyl (C=O) groups excluding carboxylic acids is 1. The molecule has 4 rings (SSSR count). The van der Waals surface area contributed by atoms with E-state index in [2.05, 4.69) is 22.2 Å². The highest BCUT2D eigenvalue weighted by Gasteiger charge is 2.15. The Morgan fingerprint density at radius 2 is 1.85 bits per heavy atom. The second-order valence-corrected chi connectivity index (χ2v) is 6.00. The van der Waals surface area contributed by atoms with Crippen LogP contribution in [0.5, 0.6) is 0 Å². The molecule has 3 aromatic heterocycles. The van der Waals surface area contributed by atoms with E-state index in [4.69, 9.17) is 4.74 Å². The molecule has 0 amide bonds. The van der Waals surface area contributed by atoms with Crippen molar-refractivity contribution in [2.75, 3.05) is 7.11 Å². The van der Waals surface area contributed by atoms with Crippen LogP contribution < -0.4 is 0 Å². The number of nitrogens with zero attached hydrogens (tertiary/aromatic N) is 3. The molecule has 5 nitrogen and oxygen atoms in total. The molecular weight excluding hydrogens is 326 g/mol. The molecule has 0 aliphatic carbocycles. The minimum absolute atomic E-state index is 0.397. The zero-order chi connectivity index (χ0) is 18.1. The number of hydrogen-bond donors (Lipinski definition) is 0. The maximum absolute atomic E-state index is 12.0. The highest BCUT2D eigenvalue weighted by molar-refractivity contribution is 5.97. The summed E-state index contributed by atoms with van der Waals surface area (Å²) >= 11 is 0. The third kappa shape index (κ3) is 2.73. The first-order valence-corrected chi connectivity index (χ1v) is 8.26. The lowest BCUT2D eigenvalue weighted by molar-refractivity contribution is 0.0603. The minimum Gasteiger partial charge on any atom is -0.465 e. The van der Waals surface area contributed by atoms with Gasteiger partial charge in [-0.25, -0.2) is 9.31 Å². The van der Waals surface area contributed by atoms with E-state index in [-0.39, 0.29) is 0 Å². The SMILES string of the molecule is COC(=O)c1cnn2ccc(-c3ccccc3-c3cccc(C)n3)cc12. The quantitative estimate of drug-likeness (QED) is 0.524.